The molecule has 0 spiro atoms. The fraction of sp³-hybridized carbons (Fsp3) is 0.107. The number of aromatic nitrogens is 1. The first-order chi connectivity index (χ1) is 28.8. The first kappa shape index (κ1) is 35.1. The Kier molecular flexibility index (Phi) is 7.87. The number of hydrogen-bond donors (Lipinski definition) is 0. The first-order valence-electron chi connectivity index (χ1n) is 20.7. The van der Waals surface area contributed by atoms with Crippen LogP contribution in [0.3, 0.4) is 0 Å². The molecule has 0 unspecified atom stereocenters. The van der Waals surface area contributed by atoms with Crippen molar-refractivity contribution in [2.45, 2.75) is 41.5 Å². The van der Waals surface area contributed by atoms with Crippen molar-refractivity contribution in [2.75, 3.05) is 9.80 Å². The fourth-order valence-electron chi connectivity index (χ4n) is 9.83. The first-order valence-corrected chi connectivity index (χ1v) is 20.7. The van der Waals surface area contributed by atoms with E-state index in [4.69, 9.17) is 0 Å². The molecule has 0 aliphatic rings. The smallest absolute Gasteiger partial charge is 0.0640 e. The highest BCUT2D eigenvalue weighted by atomic mass is 15.2. The summed E-state index contributed by atoms with van der Waals surface area (Å²) in [5, 5.41) is 9.91. The summed E-state index contributed by atoms with van der Waals surface area (Å²) < 4.78 is 2.58. The number of anilines is 6. The third kappa shape index (κ3) is 5.21. The predicted octanol–water partition coefficient (Wildman–Crippen LogP) is 15.9. The fourth-order valence-corrected chi connectivity index (χ4v) is 9.83. The maximum Gasteiger partial charge on any atom is 0.0640 e. The number of hydrogen-bond acceptors (Lipinski definition) is 2. The summed E-state index contributed by atoms with van der Waals surface area (Å²) in [6, 6.07) is 61.1. The average Bonchev–Trinajstić information content (AvgIpc) is 3.76. The molecule has 3 nitrogen and oxygen atoms in total. The van der Waals surface area contributed by atoms with Gasteiger partial charge in [-0.15, -0.1) is 0 Å². The zero-order valence-corrected chi connectivity index (χ0v) is 34.4. The lowest BCUT2D eigenvalue weighted by Gasteiger charge is -2.31. The molecule has 3 heteroatoms. The highest BCUT2D eigenvalue weighted by Crippen LogP contribution is 2.54. The Labute approximate surface area is 345 Å². The molecule has 0 atom stereocenters. The topological polar surface area (TPSA) is 10.9 Å². The minimum Gasteiger partial charge on any atom is -0.309 e. The van der Waals surface area contributed by atoms with Gasteiger partial charge in [-0.1, -0.05) is 127 Å². The molecule has 0 amide bonds. The Balaban J connectivity index is 1.36. The predicted molar refractivity (Wildman–Crippen MR) is 254 cm³/mol. The second-order valence-electron chi connectivity index (χ2n) is 16.5. The van der Waals surface area contributed by atoms with Crippen LogP contribution in [0.15, 0.2) is 164 Å². The van der Waals surface area contributed by atoms with Crippen LogP contribution in [-0.2, 0) is 0 Å². The van der Waals surface area contributed by atoms with Gasteiger partial charge in [-0.3, -0.25) is 0 Å². The summed E-state index contributed by atoms with van der Waals surface area (Å²) in [5.41, 5.74) is 18.3. The van der Waals surface area contributed by atoms with Crippen LogP contribution in [0, 0.1) is 41.5 Å². The lowest BCUT2D eigenvalue weighted by molar-refractivity contribution is 1.23. The average molecular weight is 760 g/mol. The van der Waals surface area contributed by atoms with E-state index in [-0.39, 0.29) is 0 Å². The zero-order chi connectivity index (χ0) is 40.1. The van der Waals surface area contributed by atoms with E-state index in [1.165, 1.54) is 127 Å². The van der Waals surface area contributed by atoms with Gasteiger partial charge in [0.05, 0.1) is 27.9 Å². The van der Waals surface area contributed by atoms with E-state index in [0.29, 0.717) is 0 Å². The molecule has 0 bridgehead atoms. The largest absolute Gasteiger partial charge is 0.309 e. The normalized spacial score (nSPS) is 11.9. The van der Waals surface area contributed by atoms with Gasteiger partial charge in [-0.05, 0) is 122 Å². The van der Waals surface area contributed by atoms with Crippen LogP contribution in [0.4, 0.5) is 34.1 Å². The number of fused-ring (bicyclic) bond motifs is 8. The molecule has 0 radical (unpaired) electrons. The van der Waals surface area contributed by atoms with Crippen LogP contribution in [0.2, 0.25) is 0 Å². The van der Waals surface area contributed by atoms with Gasteiger partial charge in [0, 0.05) is 55.1 Å². The van der Waals surface area contributed by atoms with Gasteiger partial charge in [0.15, 0.2) is 0 Å². The highest BCUT2D eigenvalue weighted by molar-refractivity contribution is 6.33. The maximum atomic E-state index is 2.58. The third-order valence-corrected chi connectivity index (χ3v) is 12.7. The van der Waals surface area contributed by atoms with E-state index < -0.39 is 0 Å². The molecule has 0 saturated carbocycles. The molecule has 9 aromatic carbocycles. The van der Waals surface area contributed by atoms with Crippen LogP contribution < -0.4 is 9.80 Å². The van der Waals surface area contributed by atoms with E-state index in [9.17, 15) is 0 Å². The quantitative estimate of drug-likeness (QED) is 0.167. The second kappa shape index (κ2) is 13.2. The Bertz CT molecular complexity index is 3250. The van der Waals surface area contributed by atoms with E-state index in [1.54, 1.807) is 0 Å². The lowest BCUT2D eigenvalue weighted by atomic mass is 9.96. The van der Waals surface area contributed by atoms with Gasteiger partial charge < -0.3 is 14.2 Å². The Morgan fingerprint density at radius 2 is 0.729 bits per heavy atom. The van der Waals surface area contributed by atoms with Crippen molar-refractivity contribution in [2.24, 2.45) is 0 Å². The molecule has 11 rings (SSSR count). The van der Waals surface area contributed by atoms with Crippen molar-refractivity contribution < 1.29 is 0 Å². The van der Waals surface area contributed by atoms with E-state index in [0.717, 1.165) is 0 Å². The van der Waals surface area contributed by atoms with Gasteiger partial charge in [0.25, 0.3) is 0 Å². The molecule has 11 aromatic rings. The van der Waals surface area contributed by atoms with Gasteiger partial charge >= 0.3 is 0 Å². The Hall–Kier alpha value is -7.10. The van der Waals surface area contributed by atoms with Crippen LogP contribution >= 0.6 is 0 Å². The van der Waals surface area contributed by atoms with Crippen molar-refractivity contribution in [1.82, 2.24) is 4.40 Å². The molecular weight excluding hydrogens is 715 g/mol. The molecule has 0 saturated heterocycles. The molecular formula is C56H45N3. The van der Waals surface area contributed by atoms with Crippen molar-refractivity contribution in [3.8, 4) is 0 Å². The SMILES string of the molecule is Cc1ccc(C)c(N(c2ccccc2C)c2c3ccccc3cc3c2c2cccc4c5c(N(c6ccccc6C)c6cc(C)ccc6C)c6ccccc6cc5n3c24)c1. The monoisotopic (exact) mass is 759 g/mol. The maximum absolute atomic E-state index is 2.58. The van der Waals surface area contributed by atoms with Crippen molar-refractivity contribution in [3.05, 3.63) is 197 Å². The Morgan fingerprint density at radius 3 is 1.19 bits per heavy atom. The lowest BCUT2D eigenvalue weighted by Crippen LogP contribution is -2.14. The van der Waals surface area contributed by atoms with E-state index in [2.05, 4.69) is 220 Å². The molecule has 284 valence electrons. The van der Waals surface area contributed by atoms with Crippen molar-refractivity contribution in [1.29, 1.82) is 0 Å². The molecule has 2 aromatic heterocycles. The summed E-state index contributed by atoms with van der Waals surface area (Å²) in [4.78, 5) is 5.10. The van der Waals surface area contributed by atoms with Crippen LogP contribution in [0.25, 0.3) is 59.6 Å². The number of nitrogens with zero attached hydrogens (tertiary/aromatic N) is 3. The molecule has 0 N–H and O–H groups in total. The molecule has 0 fully saturated rings. The standard InChI is InChI=1S/C56H45N3/c1-34-26-28-38(5)48(30-34)57(46-24-13-7-16-36(46)3)55-42-20-11-9-18-40(42)32-50-52(55)44-22-15-23-45-53-51(59(50)54(44)45)33-41-19-10-12-21-43(41)56(53)58(47-25-14-8-17-37(47)4)49-31-35(2)27-29-39(49)6/h7-33H,1-6H3. The minimum absolute atomic E-state index is 1.18. The molecule has 2 heterocycles. The van der Waals surface area contributed by atoms with Crippen LogP contribution in [0.5, 0.6) is 0 Å². The number of rotatable bonds is 6. The zero-order valence-electron chi connectivity index (χ0n) is 34.4. The number of aryl methyl sites for hydroxylation is 6. The van der Waals surface area contributed by atoms with Gasteiger partial charge in [0.2, 0.25) is 0 Å². The molecule has 0 aliphatic carbocycles. The third-order valence-electron chi connectivity index (χ3n) is 12.7. The summed E-state index contributed by atoms with van der Waals surface area (Å²) in [6.07, 6.45) is 0. The van der Waals surface area contributed by atoms with Crippen molar-refractivity contribution in [3.63, 3.8) is 0 Å². The summed E-state index contributed by atoms with van der Waals surface area (Å²) >= 11 is 0. The van der Waals surface area contributed by atoms with Crippen LogP contribution in [0.1, 0.15) is 33.4 Å². The van der Waals surface area contributed by atoms with Gasteiger partial charge in [-0.2, -0.15) is 0 Å². The van der Waals surface area contributed by atoms with E-state index >= 15 is 0 Å². The summed E-state index contributed by atoms with van der Waals surface area (Å²) in [5.74, 6) is 0. The molecule has 0 aliphatic heterocycles. The van der Waals surface area contributed by atoms with Crippen molar-refractivity contribution >= 4 is 93.8 Å². The Morgan fingerprint density at radius 1 is 0.339 bits per heavy atom. The van der Waals surface area contributed by atoms with E-state index in [1.807, 2.05) is 0 Å². The minimum atomic E-state index is 1.18. The molecule has 59 heavy (non-hydrogen) atoms. The van der Waals surface area contributed by atoms with Gasteiger partial charge in [0.1, 0.15) is 0 Å². The highest BCUT2D eigenvalue weighted by Gasteiger charge is 2.30. The second-order valence-corrected chi connectivity index (χ2v) is 16.5. The van der Waals surface area contributed by atoms with Crippen LogP contribution in [-0.4, -0.2) is 4.40 Å². The number of benzene rings is 9. The number of para-hydroxylation sites is 3. The summed E-state index contributed by atoms with van der Waals surface area (Å²) in [7, 11) is 0. The van der Waals surface area contributed by atoms with Gasteiger partial charge in [-0.25, -0.2) is 0 Å². The summed E-state index contributed by atoms with van der Waals surface area (Å²) in [6.45, 7) is 13.4.